The standard InChI is InChI=1S/C29H30N4O6/c1-16-10-12-18(13-11-16)27-32-22-9-4-3-8-21(22)28(33-27)31-19-6-5-7-20(14-19)38-29-24(30-17(2)35)26(37)25(36)23(15-34)39-29/h3-14,23-26,29,34,36-37H,15H2,1-2H3,(H,30,35)(H,31,32,33)/t23-,24-,25+,26-,29+/m0/s1. The van der Waals surface area contributed by atoms with Crippen molar-refractivity contribution >= 4 is 28.3 Å². The summed E-state index contributed by atoms with van der Waals surface area (Å²) in [5.74, 6) is 1.14. The van der Waals surface area contributed by atoms with Crippen molar-refractivity contribution in [3.8, 4) is 17.1 Å². The Morgan fingerprint density at radius 3 is 2.51 bits per heavy atom. The van der Waals surface area contributed by atoms with Crippen LogP contribution in [0.5, 0.6) is 5.75 Å². The number of aliphatic hydroxyl groups is 3. The summed E-state index contributed by atoms with van der Waals surface area (Å²) in [7, 11) is 0. The Morgan fingerprint density at radius 2 is 1.77 bits per heavy atom. The first-order valence-electron chi connectivity index (χ1n) is 12.6. The van der Waals surface area contributed by atoms with Crippen LogP contribution in [-0.2, 0) is 9.53 Å². The molecule has 10 nitrogen and oxygen atoms in total. The smallest absolute Gasteiger partial charge is 0.223 e. The molecule has 0 bridgehead atoms. The van der Waals surface area contributed by atoms with Crippen molar-refractivity contribution in [1.29, 1.82) is 0 Å². The number of amides is 1. The summed E-state index contributed by atoms with van der Waals surface area (Å²) in [4.78, 5) is 21.3. The van der Waals surface area contributed by atoms with E-state index >= 15 is 0 Å². The second-order valence-corrected chi connectivity index (χ2v) is 9.48. The number of nitrogens with one attached hydrogen (secondary N) is 2. The lowest BCUT2D eigenvalue weighted by atomic mass is 9.97. The average molecular weight is 531 g/mol. The first kappa shape index (κ1) is 26.5. The highest BCUT2D eigenvalue weighted by molar-refractivity contribution is 5.92. The number of nitrogens with zero attached hydrogens (tertiary/aromatic N) is 2. The van der Waals surface area contributed by atoms with Gasteiger partial charge in [-0.2, -0.15) is 0 Å². The molecule has 2 heterocycles. The van der Waals surface area contributed by atoms with E-state index in [1.807, 2.05) is 61.5 Å². The number of aryl methyl sites for hydroxylation is 1. The molecule has 1 amide bonds. The number of carbonyl (C=O) groups excluding carboxylic acids is 1. The third kappa shape index (κ3) is 5.84. The Kier molecular flexibility index (Phi) is 7.71. The molecule has 10 heteroatoms. The van der Waals surface area contributed by atoms with Crippen LogP contribution in [0, 0.1) is 6.92 Å². The summed E-state index contributed by atoms with van der Waals surface area (Å²) in [6, 6.07) is 21.7. The molecule has 1 aromatic heterocycles. The predicted octanol–water partition coefficient (Wildman–Crippen LogP) is 2.67. The molecular weight excluding hydrogens is 500 g/mol. The molecular formula is C29H30N4O6. The topological polar surface area (TPSA) is 146 Å². The summed E-state index contributed by atoms with van der Waals surface area (Å²) in [5.41, 5.74) is 3.49. The molecule has 3 aromatic carbocycles. The van der Waals surface area contributed by atoms with Crippen molar-refractivity contribution in [2.24, 2.45) is 0 Å². The Bertz CT molecular complexity index is 1460. The normalized spacial score (nSPS) is 22.8. The van der Waals surface area contributed by atoms with Crippen LogP contribution >= 0.6 is 0 Å². The lowest BCUT2D eigenvalue weighted by Crippen LogP contribution is -2.65. The highest BCUT2D eigenvalue weighted by Gasteiger charge is 2.46. The molecule has 1 saturated heterocycles. The van der Waals surface area contributed by atoms with E-state index in [0.29, 0.717) is 23.1 Å². The Hall–Kier alpha value is -4.09. The average Bonchev–Trinajstić information content (AvgIpc) is 2.93. The minimum atomic E-state index is -1.40. The molecule has 0 spiro atoms. The largest absolute Gasteiger partial charge is 0.462 e. The number of ether oxygens (including phenoxy) is 2. The Morgan fingerprint density at radius 1 is 1.00 bits per heavy atom. The van der Waals surface area contributed by atoms with Crippen molar-refractivity contribution in [3.63, 3.8) is 0 Å². The van der Waals surface area contributed by atoms with Crippen molar-refractivity contribution < 1.29 is 29.6 Å². The van der Waals surface area contributed by atoms with E-state index in [9.17, 15) is 20.1 Å². The van der Waals surface area contributed by atoms with Crippen LogP contribution in [0.4, 0.5) is 11.5 Å². The third-order valence-corrected chi connectivity index (χ3v) is 6.51. The fourth-order valence-corrected chi connectivity index (χ4v) is 4.49. The van der Waals surface area contributed by atoms with E-state index < -0.39 is 43.2 Å². The summed E-state index contributed by atoms with van der Waals surface area (Å²) >= 11 is 0. The van der Waals surface area contributed by atoms with Gasteiger partial charge in [0.05, 0.1) is 12.1 Å². The number of benzene rings is 3. The van der Waals surface area contributed by atoms with Crippen LogP contribution in [-0.4, -0.2) is 68.4 Å². The van der Waals surface area contributed by atoms with Gasteiger partial charge in [-0.1, -0.05) is 48.0 Å². The van der Waals surface area contributed by atoms with E-state index in [0.717, 1.165) is 22.0 Å². The first-order valence-corrected chi connectivity index (χ1v) is 12.6. The number of hydrogen-bond acceptors (Lipinski definition) is 9. The fraction of sp³-hybridized carbons (Fsp3) is 0.276. The fourth-order valence-electron chi connectivity index (χ4n) is 4.49. The van der Waals surface area contributed by atoms with E-state index in [-0.39, 0.29) is 0 Å². The second-order valence-electron chi connectivity index (χ2n) is 9.48. The third-order valence-electron chi connectivity index (χ3n) is 6.51. The van der Waals surface area contributed by atoms with Gasteiger partial charge in [-0.25, -0.2) is 9.97 Å². The van der Waals surface area contributed by atoms with Gasteiger partial charge in [0.2, 0.25) is 12.2 Å². The van der Waals surface area contributed by atoms with Crippen molar-refractivity contribution in [2.45, 2.75) is 44.5 Å². The lowest BCUT2D eigenvalue weighted by Gasteiger charge is -2.42. The highest BCUT2D eigenvalue weighted by atomic mass is 16.7. The predicted molar refractivity (Wildman–Crippen MR) is 145 cm³/mol. The summed E-state index contributed by atoms with van der Waals surface area (Å²) in [5, 5.41) is 37.2. The van der Waals surface area contributed by atoms with E-state index in [1.54, 1.807) is 18.2 Å². The van der Waals surface area contributed by atoms with Crippen molar-refractivity contribution in [3.05, 3.63) is 78.4 Å². The maximum atomic E-state index is 11.7. The SMILES string of the molecule is CC(=O)N[C@@H]1[C@H](Oc2cccc(Nc3nc(-c4ccc(C)cc4)nc4ccccc34)c2)O[C@@H](CO)[C@@H](O)[C@H]1O. The van der Waals surface area contributed by atoms with Gasteiger partial charge >= 0.3 is 0 Å². The van der Waals surface area contributed by atoms with Gasteiger partial charge in [-0.15, -0.1) is 0 Å². The number of aliphatic hydroxyl groups excluding tert-OH is 3. The molecule has 5 rings (SSSR count). The van der Waals surface area contributed by atoms with Gasteiger partial charge in [-0.05, 0) is 31.2 Å². The van der Waals surface area contributed by atoms with Crippen molar-refractivity contribution in [2.75, 3.05) is 11.9 Å². The highest BCUT2D eigenvalue weighted by Crippen LogP contribution is 2.30. The Labute approximate surface area is 225 Å². The van der Waals surface area contributed by atoms with E-state index in [2.05, 4.69) is 10.6 Å². The molecule has 5 N–H and O–H groups in total. The van der Waals surface area contributed by atoms with Crippen LogP contribution in [0.2, 0.25) is 0 Å². The van der Waals surface area contributed by atoms with E-state index in [4.69, 9.17) is 19.4 Å². The Balaban J connectivity index is 1.43. The second kappa shape index (κ2) is 11.3. The molecule has 5 atom stereocenters. The minimum absolute atomic E-state index is 0.373. The van der Waals surface area contributed by atoms with Gasteiger partial charge in [0, 0.05) is 29.6 Å². The minimum Gasteiger partial charge on any atom is -0.462 e. The molecule has 0 radical (unpaired) electrons. The van der Waals surface area contributed by atoms with Crippen LogP contribution in [0.1, 0.15) is 12.5 Å². The van der Waals surface area contributed by atoms with Gasteiger partial charge < -0.3 is 35.4 Å². The number of fused-ring (bicyclic) bond motifs is 1. The zero-order valence-corrected chi connectivity index (χ0v) is 21.5. The van der Waals surface area contributed by atoms with Crippen molar-refractivity contribution in [1.82, 2.24) is 15.3 Å². The van der Waals surface area contributed by atoms with Crippen LogP contribution in [0.15, 0.2) is 72.8 Å². The lowest BCUT2D eigenvalue weighted by molar-refractivity contribution is -0.244. The quantitative estimate of drug-likeness (QED) is 0.243. The summed E-state index contributed by atoms with van der Waals surface area (Å²) in [6.07, 6.45) is -5.04. The summed E-state index contributed by atoms with van der Waals surface area (Å²) in [6.45, 7) is 2.78. The number of aromatic nitrogens is 2. The number of hydrogen-bond donors (Lipinski definition) is 5. The van der Waals surface area contributed by atoms with Crippen LogP contribution < -0.4 is 15.4 Å². The molecule has 1 aliphatic rings. The van der Waals surface area contributed by atoms with Gasteiger partial charge in [0.15, 0.2) is 5.82 Å². The monoisotopic (exact) mass is 530 g/mol. The van der Waals surface area contributed by atoms with Crippen LogP contribution in [0.25, 0.3) is 22.3 Å². The molecule has 202 valence electrons. The number of rotatable bonds is 7. The molecule has 39 heavy (non-hydrogen) atoms. The first-order chi connectivity index (χ1) is 18.8. The number of anilines is 2. The number of carbonyl (C=O) groups is 1. The maximum absolute atomic E-state index is 11.7. The van der Waals surface area contributed by atoms with Gasteiger partial charge in [0.1, 0.15) is 35.9 Å². The zero-order valence-electron chi connectivity index (χ0n) is 21.5. The molecule has 4 aromatic rings. The molecule has 0 saturated carbocycles. The summed E-state index contributed by atoms with van der Waals surface area (Å²) < 4.78 is 11.7. The molecule has 0 unspecified atom stereocenters. The maximum Gasteiger partial charge on any atom is 0.223 e. The van der Waals surface area contributed by atoms with Crippen LogP contribution in [0.3, 0.4) is 0 Å². The molecule has 1 aliphatic heterocycles. The zero-order chi connectivity index (χ0) is 27.5. The van der Waals surface area contributed by atoms with Gasteiger partial charge in [0.25, 0.3) is 0 Å². The molecule has 1 fully saturated rings. The number of para-hydroxylation sites is 1. The molecule has 0 aliphatic carbocycles. The van der Waals surface area contributed by atoms with E-state index in [1.165, 1.54) is 6.92 Å². The van der Waals surface area contributed by atoms with Gasteiger partial charge in [-0.3, -0.25) is 4.79 Å².